The molecular formula is C26H37N3O4S. The van der Waals surface area contributed by atoms with Crippen LogP contribution in [0.2, 0.25) is 0 Å². The van der Waals surface area contributed by atoms with Crippen molar-refractivity contribution in [1.82, 2.24) is 10.2 Å². The summed E-state index contributed by atoms with van der Waals surface area (Å²) in [6.07, 6.45) is 1.09. The lowest BCUT2D eigenvalue weighted by atomic mass is 10.1. The van der Waals surface area contributed by atoms with Crippen LogP contribution in [0, 0.1) is 26.7 Å². The van der Waals surface area contributed by atoms with Crippen molar-refractivity contribution in [2.24, 2.45) is 5.92 Å². The molecule has 1 N–H and O–H groups in total. The van der Waals surface area contributed by atoms with Gasteiger partial charge in [-0.1, -0.05) is 61.4 Å². The number of nitrogens with zero attached hydrogens (tertiary/aromatic N) is 2. The summed E-state index contributed by atoms with van der Waals surface area (Å²) in [6.45, 7) is 11.7. The molecule has 0 aliphatic carbocycles. The molecule has 0 saturated carbocycles. The maximum atomic E-state index is 13.6. The van der Waals surface area contributed by atoms with E-state index in [4.69, 9.17) is 0 Å². The Morgan fingerprint density at radius 2 is 1.62 bits per heavy atom. The van der Waals surface area contributed by atoms with Gasteiger partial charge in [-0.25, -0.2) is 8.42 Å². The minimum Gasteiger partial charge on any atom is -0.354 e. The maximum Gasteiger partial charge on any atom is 0.244 e. The molecule has 0 aliphatic heterocycles. The summed E-state index contributed by atoms with van der Waals surface area (Å²) in [4.78, 5) is 27.9. The van der Waals surface area contributed by atoms with Crippen molar-refractivity contribution in [2.75, 3.05) is 23.7 Å². The number of anilines is 1. The Labute approximate surface area is 204 Å². The zero-order valence-corrected chi connectivity index (χ0v) is 22.1. The summed E-state index contributed by atoms with van der Waals surface area (Å²) in [5.74, 6) is -0.450. The summed E-state index contributed by atoms with van der Waals surface area (Å²) in [5, 5.41) is 2.88. The molecular weight excluding hydrogens is 450 g/mol. The smallest absolute Gasteiger partial charge is 0.244 e. The van der Waals surface area contributed by atoms with E-state index in [0.29, 0.717) is 12.2 Å². The van der Waals surface area contributed by atoms with Gasteiger partial charge >= 0.3 is 0 Å². The Bertz CT molecular complexity index is 1130. The molecule has 0 aliphatic rings. The third-order valence-corrected chi connectivity index (χ3v) is 6.71. The number of benzene rings is 2. The highest BCUT2D eigenvalue weighted by Crippen LogP contribution is 2.24. The molecule has 0 fully saturated rings. The molecule has 2 aromatic carbocycles. The molecule has 1 atom stereocenters. The van der Waals surface area contributed by atoms with Gasteiger partial charge in [-0.2, -0.15) is 0 Å². The van der Waals surface area contributed by atoms with Crippen molar-refractivity contribution in [3.05, 3.63) is 64.7 Å². The summed E-state index contributed by atoms with van der Waals surface area (Å²) in [7, 11) is -3.74. The fourth-order valence-corrected chi connectivity index (χ4v) is 4.63. The van der Waals surface area contributed by atoms with Gasteiger partial charge in [-0.15, -0.1) is 0 Å². The van der Waals surface area contributed by atoms with E-state index in [9.17, 15) is 18.0 Å². The minimum absolute atomic E-state index is 0.196. The van der Waals surface area contributed by atoms with Crippen molar-refractivity contribution < 1.29 is 18.0 Å². The Balaban J connectivity index is 2.40. The summed E-state index contributed by atoms with van der Waals surface area (Å²) < 4.78 is 26.5. The second kappa shape index (κ2) is 11.5. The van der Waals surface area contributed by atoms with E-state index in [2.05, 4.69) is 5.32 Å². The molecule has 0 spiro atoms. The maximum absolute atomic E-state index is 13.6. The van der Waals surface area contributed by atoms with Gasteiger partial charge in [-0.3, -0.25) is 13.9 Å². The molecule has 0 radical (unpaired) electrons. The summed E-state index contributed by atoms with van der Waals surface area (Å²) in [5.41, 5.74) is 4.11. The molecule has 2 aromatic rings. The van der Waals surface area contributed by atoms with Crippen LogP contribution in [0.15, 0.2) is 42.5 Å². The van der Waals surface area contributed by atoms with E-state index in [1.807, 2.05) is 71.0 Å². The molecule has 34 heavy (non-hydrogen) atoms. The highest BCUT2D eigenvalue weighted by molar-refractivity contribution is 7.92. The number of aryl methyl sites for hydroxylation is 3. The summed E-state index contributed by atoms with van der Waals surface area (Å²) in [6, 6.07) is 12.3. The lowest BCUT2D eigenvalue weighted by Gasteiger charge is -2.32. The van der Waals surface area contributed by atoms with Gasteiger partial charge in [0.1, 0.15) is 12.6 Å². The number of hydrogen-bond donors (Lipinski definition) is 1. The van der Waals surface area contributed by atoms with Crippen LogP contribution in [0.1, 0.15) is 43.0 Å². The van der Waals surface area contributed by atoms with Crippen molar-refractivity contribution in [2.45, 2.75) is 54.1 Å². The standard InChI is InChI=1S/C26H37N3O4S/c1-18(2)15-27-26(31)22(6)28(16-23-10-8-9-19(3)14-23)25(30)17-29(34(7,32)33)24-12-11-20(4)13-21(24)5/h8-14,18,22H,15-17H2,1-7H3,(H,27,31)/t22-/m0/s1. The van der Waals surface area contributed by atoms with Crippen molar-refractivity contribution in [3.8, 4) is 0 Å². The minimum atomic E-state index is -3.74. The molecule has 0 unspecified atom stereocenters. The molecule has 8 heteroatoms. The fourth-order valence-electron chi connectivity index (χ4n) is 3.72. The van der Waals surface area contributed by atoms with Gasteiger partial charge in [-0.05, 0) is 50.8 Å². The molecule has 0 bridgehead atoms. The number of nitrogens with one attached hydrogen (secondary N) is 1. The number of carbonyl (C=O) groups is 2. The van der Waals surface area contributed by atoms with Gasteiger partial charge in [0.05, 0.1) is 11.9 Å². The number of amides is 2. The number of sulfonamides is 1. The van der Waals surface area contributed by atoms with Crippen LogP contribution < -0.4 is 9.62 Å². The van der Waals surface area contributed by atoms with Gasteiger partial charge < -0.3 is 10.2 Å². The van der Waals surface area contributed by atoms with E-state index < -0.39 is 28.5 Å². The topological polar surface area (TPSA) is 86.8 Å². The second-order valence-corrected chi connectivity index (χ2v) is 11.3. The second-order valence-electron chi connectivity index (χ2n) is 9.39. The first-order valence-electron chi connectivity index (χ1n) is 11.5. The zero-order valence-electron chi connectivity index (χ0n) is 21.3. The Morgan fingerprint density at radius 1 is 0.971 bits per heavy atom. The van der Waals surface area contributed by atoms with Crippen LogP contribution in [0.25, 0.3) is 0 Å². The van der Waals surface area contributed by atoms with Crippen LogP contribution in [-0.2, 0) is 26.2 Å². The Hall–Kier alpha value is -2.87. The van der Waals surface area contributed by atoms with Gasteiger partial charge in [0.25, 0.3) is 0 Å². The number of rotatable bonds is 10. The average Bonchev–Trinajstić information content (AvgIpc) is 2.73. The first-order chi connectivity index (χ1) is 15.8. The van der Waals surface area contributed by atoms with Crippen molar-refractivity contribution in [1.29, 1.82) is 0 Å². The van der Waals surface area contributed by atoms with Crippen molar-refractivity contribution >= 4 is 27.5 Å². The predicted octanol–water partition coefficient (Wildman–Crippen LogP) is 3.57. The highest BCUT2D eigenvalue weighted by atomic mass is 32.2. The number of carbonyl (C=O) groups excluding carboxylic acids is 2. The van der Waals surface area contributed by atoms with Gasteiger partial charge in [0.15, 0.2) is 0 Å². The van der Waals surface area contributed by atoms with Crippen molar-refractivity contribution in [3.63, 3.8) is 0 Å². The normalized spacial score (nSPS) is 12.4. The van der Waals surface area contributed by atoms with Crippen LogP contribution in [0.4, 0.5) is 5.69 Å². The number of hydrogen-bond acceptors (Lipinski definition) is 4. The van der Waals surface area contributed by atoms with E-state index in [1.54, 1.807) is 13.0 Å². The van der Waals surface area contributed by atoms with E-state index >= 15 is 0 Å². The lowest BCUT2D eigenvalue weighted by molar-refractivity contribution is -0.139. The van der Waals surface area contributed by atoms with Gasteiger partial charge in [0.2, 0.25) is 21.8 Å². The van der Waals surface area contributed by atoms with E-state index in [1.165, 1.54) is 4.90 Å². The van der Waals surface area contributed by atoms with Crippen LogP contribution in [-0.4, -0.2) is 50.5 Å². The van der Waals surface area contributed by atoms with Crippen LogP contribution in [0.3, 0.4) is 0 Å². The van der Waals surface area contributed by atoms with E-state index in [-0.39, 0.29) is 18.4 Å². The quantitative estimate of drug-likeness (QED) is 0.555. The highest BCUT2D eigenvalue weighted by Gasteiger charge is 2.30. The molecule has 0 saturated heterocycles. The SMILES string of the molecule is Cc1cccc(CN(C(=O)CN(c2ccc(C)cc2C)S(C)(=O)=O)[C@@H](C)C(=O)NCC(C)C)c1. The molecule has 2 rings (SSSR count). The zero-order chi connectivity index (χ0) is 25.6. The first-order valence-corrected chi connectivity index (χ1v) is 13.3. The molecule has 186 valence electrons. The Kier molecular flexibility index (Phi) is 9.27. The predicted molar refractivity (Wildman–Crippen MR) is 137 cm³/mol. The molecule has 0 heterocycles. The third-order valence-electron chi connectivity index (χ3n) is 5.59. The average molecular weight is 488 g/mol. The first kappa shape index (κ1) is 27.4. The lowest BCUT2D eigenvalue weighted by Crippen LogP contribution is -2.51. The Morgan fingerprint density at radius 3 is 2.18 bits per heavy atom. The fraction of sp³-hybridized carbons (Fsp3) is 0.462. The third kappa shape index (κ3) is 7.58. The molecule has 7 nitrogen and oxygen atoms in total. The van der Waals surface area contributed by atoms with Crippen LogP contribution >= 0.6 is 0 Å². The molecule has 2 amide bonds. The van der Waals surface area contributed by atoms with Gasteiger partial charge in [0, 0.05) is 13.1 Å². The summed E-state index contributed by atoms with van der Waals surface area (Å²) >= 11 is 0. The monoisotopic (exact) mass is 487 g/mol. The largest absolute Gasteiger partial charge is 0.354 e. The molecule has 0 aromatic heterocycles. The van der Waals surface area contributed by atoms with E-state index in [0.717, 1.165) is 32.8 Å². The van der Waals surface area contributed by atoms with Crippen LogP contribution in [0.5, 0.6) is 0 Å².